The van der Waals surface area contributed by atoms with Crippen molar-refractivity contribution in [2.24, 2.45) is 5.92 Å². The van der Waals surface area contributed by atoms with E-state index in [-0.39, 0.29) is 0 Å². The van der Waals surface area contributed by atoms with Crippen molar-refractivity contribution in [2.45, 2.75) is 13.8 Å². The van der Waals surface area contributed by atoms with Gasteiger partial charge in [-0.3, -0.25) is 0 Å². The van der Waals surface area contributed by atoms with Gasteiger partial charge in [-0.15, -0.1) is 0 Å². The lowest BCUT2D eigenvalue weighted by atomic mass is 10.2. The van der Waals surface area contributed by atoms with Gasteiger partial charge in [-0.05, 0) is 5.92 Å². The molecule has 0 spiro atoms. The molecular weight excluding hydrogens is 192 g/mol. The average molecular weight is 201 g/mol. The molecule has 0 N–H and O–H groups in total. The average Bonchev–Trinajstić information content (AvgIpc) is 1.78. The van der Waals surface area contributed by atoms with Gasteiger partial charge in [-0.2, -0.15) is 14.0 Å². The lowest BCUT2D eigenvalue weighted by molar-refractivity contribution is -1.91. The Morgan fingerprint density at radius 3 is 2.27 bits per heavy atom. The summed E-state index contributed by atoms with van der Waals surface area (Å²) in [5, 5.41) is 1.41. The van der Waals surface area contributed by atoms with E-state index in [4.69, 9.17) is 0 Å². The zero-order valence-corrected chi connectivity index (χ0v) is 7.72. The Morgan fingerprint density at radius 1 is 1.36 bits per heavy atom. The fourth-order valence-electron chi connectivity index (χ4n) is 0.255. The number of hydrogen-bond acceptors (Lipinski definition) is 5. The van der Waals surface area contributed by atoms with Gasteiger partial charge in [0.1, 0.15) is 3.74 Å². The molecule has 0 aliphatic carbocycles. The van der Waals surface area contributed by atoms with E-state index in [1.165, 1.54) is 5.41 Å². The molecular formula is C5H9ClO4S. The van der Waals surface area contributed by atoms with Crippen molar-refractivity contribution >= 4 is 12.0 Å². The molecule has 0 aromatic carbocycles. The van der Waals surface area contributed by atoms with Gasteiger partial charge >= 0.3 is 0 Å². The molecule has 0 aromatic heterocycles. The molecule has 4 nitrogen and oxygen atoms in total. The fraction of sp³-hybridized carbons (Fsp3) is 0.600. The Morgan fingerprint density at radius 2 is 1.91 bits per heavy atom. The van der Waals surface area contributed by atoms with Crippen LogP contribution in [0.4, 0.5) is 0 Å². The van der Waals surface area contributed by atoms with Crippen LogP contribution in [0.15, 0.2) is 11.5 Å². The van der Waals surface area contributed by atoms with Gasteiger partial charge in [-0.1, -0.05) is 19.9 Å². The van der Waals surface area contributed by atoms with Gasteiger partial charge in [0.25, 0.3) is 0 Å². The Hall–Kier alpha value is 0.220. The second kappa shape index (κ2) is 4.97. The zero-order valence-electron chi connectivity index (χ0n) is 6.15. The summed E-state index contributed by atoms with van der Waals surface area (Å²) in [7, 11) is -4.31. The summed E-state index contributed by atoms with van der Waals surface area (Å²) in [6, 6.07) is 0. The first-order valence-electron chi connectivity index (χ1n) is 2.84. The zero-order chi connectivity index (χ0) is 8.91. The molecule has 0 aliphatic rings. The summed E-state index contributed by atoms with van der Waals surface area (Å²) >= 11 is 0.495. The van der Waals surface area contributed by atoms with Crippen LogP contribution in [0.5, 0.6) is 0 Å². The highest BCUT2D eigenvalue weighted by Crippen LogP contribution is 2.10. The maximum atomic E-state index is 9.82. The predicted octanol–water partition coefficient (Wildman–Crippen LogP) is -1.28. The fourth-order valence-corrected chi connectivity index (χ4v) is 1.16. The standard InChI is InChI=1S/C5H9ClO4S/c1-5(2)3-4-11-10-6(7,8)9/h3-5H,1-2H3. The van der Waals surface area contributed by atoms with E-state index < -0.39 is 10.2 Å². The largest absolute Gasteiger partial charge is 0.200 e. The molecule has 11 heavy (non-hydrogen) atoms. The maximum absolute atomic E-state index is 9.82. The molecule has 0 amide bonds. The second-order valence-corrected chi connectivity index (χ2v) is 3.83. The number of halogens is 1. The summed E-state index contributed by atoms with van der Waals surface area (Å²) in [4.78, 5) is 0. The minimum absolute atomic E-state index is 0.303. The molecule has 0 saturated heterocycles. The molecule has 0 saturated carbocycles. The van der Waals surface area contributed by atoms with Crippen LogP contribution in [0.25, 0.3) is 0 Å². The van der Waals surface area contributed by atoms with Gasteiger partial charge < -0.3 is 0 Å². The van der Waals surface area contributed by atoms with Crippen LogP contribution in [-0.2, 0) is 3.74 Å². The first-order valence-corrected chi connectivity index (χ1v) is 4.88. The van der Waals surface area contributed by atoms with Crippen LogP contribution >= 0.6 is 12.0 Å². The molecule has 66 valence electrons. The smallest absolute Gasteiger partial charge is 0.182 e. The van der Waals surface area contributed by atoms with Crippen molar-refractivity contribution in [1.82, 2.24) is 0 Å². The van der Waals surface area contributed by atoms with Gasteiger partial charge in [0, 0.05) is 5.41 Å². The first-order chi connectivity index (χ1) is 4.92. The van der Waals surface area contributed by atoms with Crippen molar-refractivity contribution in [1.29, 1.82) is 0 Å². The van der Waals surface area contributed by atoms with Crippen molar-refractivity contribution in [2.75, 3.05) is 0 Å². The summed E-state index contributed by atoms with van der Waals surface area (Å²) in [6.45, 7) is 3.83. The Kier molecular flexibility index (Phi) is 5.07. The highest BCUT2D eigenvalue weighted by Gasteiger charge is 2.16. The third-order valence-corrected chi connectivity index (χ3v) is 1.81. The third-order valence-electron chi connectivity index (χ3n) is 0.633. The molecule has 0 atom stereocenters. The Balaban J connectivity index is 3.42. The van der Waals surface area contributed by atoms with E-state index in [9.17, 15) is 14.0 Å². The van der Waals surface area contributed by atoms with Crippen LogP contribution < -0.4 is 14.0 Å². The van der Waals surface area contributed by atoms with Crippen molar-refractivity contribution in [3.05, 3.63) is 11.5 Å². The van der Waals surface area contributed by atoms with Crippen LogP contribution in [0.1, 0.15) is 13.8 Å². The lowest BCUT2D eigenvalue weighted by Crippen LogP contribution is -2.59. The molecule has 6 heteroatoms. The first kappa shape index (κ1) is 11.2. The van der Waals surface area contributed by atoms with E-state index >= 15 is 0 Å². The van der Waals surface area contributed by atoms with Gasteiger partial charge in [0.2, 0.25) is 12.0 Å². The van der Waals surface area contributed by atoms with Crippen molar-refractivity contribution in [3.63, 3.8) is 0 Å². The van der Waals surface area contributed by atoms with Gasteiger partial charge in [-0.25, -0.2) is 0 Å². The summed E-state index contributed by atoms with van der Waals surface area (Å²) in [5.74, 6) is 0.303. The molecule has 0 bridgehead atoms. The normalized spacial score (nSPS) is 13.3. The molecule has 0 heterocycles. The molecule has 0 unspecified atom stereocenters. The highest BCUT2D eigenvalue weighted by atomic mass is 35.7. The van der Waals surface area contributed by atoms with E-state index in [1.807, 2.05) is 13.8 Å². The Bertz CT molecular complexity index is 131. The lowest BCUT2D eigenvalue weighted by Gasteiger charge is -2.09. The number of rotatable bonds is 4. The van der Waals surface area contributed by atoms with E-state index in [0.717, 1.165) is 0 Å². The molecule has 0 radical (unpaired) electrons. The molecule has 0 aliphatic heterocycles. The quantitative estimate of drug-likeness (QED) is 0.528. The van der Waals surface area contributed by atoms with E-state index in [1.54, 1.807) is 6.08 Å². The Labute approximate surface area is 71.8 Å². The van der Waals surface area contributed by atoms with Crippen LogP contribution in [0, 0.1) is 16.2 Å². The number of allylic oxidation sites excluding steroid dienone is 1. The van der Waals surface area contributed by atoms with Gasteiger partial charge in [0.15, 0.2) is 0 Å². The van der Waals surface area contributed by atoms with E-state index in [2.05, 4.69) is 3.74 Å². The van der Waals surface area contributed by atoms with Gasteiger partial charge in [0.05, 0.1) is 10.2 Å². The topological polar surface area (TPSA) is 78.4 Å². The number of hydrogen-bond donors (Lipinski definition) is 0. The second-order valence-electron chi connectivity index (χ2n) is 2.11. The summed E-state index contributed by atoms with van der Waals surface area (Å²) < 4.78 is 33.2. The third kappa shape index (κ3) is 10.2. The molecule has 0 aromatic rings. The molecule has 0 fully saturated rings. The van der Waals surface area contributed by atoms with Crippen molar-refractivity contribution < 1.29 is 28.0 Å². The SMILES string of the molecule is CC(C)C=CSO[Cl+3]([O-])([O-])[O-]. The monoisotopic (exact) mass is 200 g/mol. The highest BCUT2D eigenvalue weighted by molar-refractivity contribution is 7.97. The van der Waals surface area contributed by atoms with E-state index in [0.29, 0.717) is 18.0 Å². The van der Waals surface area contributed by atoms with Crippen LogP contribution in [-0.4, -0.2) is 0 Å². The minimum Gasteiger partial charge on any atom is -0.182 e. The van der Waals surface area contributed by atoms with Crippen LogP contribution in [0.3, 0.4) is 0 Å². The van der Waals surface area contributed by atoms with Crippen molar-refractivity contribution in [3.8, 4) is 0 Å². The maximum Gasteiger partial charge on any atom is 0.200 e. The summed E-state index contributed by atoms with van der Waals surface area (Å²) in [5.41, 5.74) is 0. The predicted molar refractivity (Wildman–Crippen MR) is 32.7 cm³/mol. The minimum atomic E-state index is -4.31. The summed E-state index contributed by atoms with van der Waals surface area (Å²) in [6.07, 6.45) is 1.71. The molecule has 0 rings (SSSR count). The van der Waals surface area contributed by atoms with Crippen LogP contribution in [0.2, 0.25) is 0 Å².